The lowest BCUT2D eigenvalue weighted by Crippen LogP contribution is -2.14. The Morgan fingerprint density at radius 3 is 2.36 bits per heavy atom. The van der Waals surface area contributed by atoms with Crippen molar-refractivity contribution < 1.29 is 14.1 Å². The van der Waals surface area contributed by atoms with Gasteiger partial charge in [-0.05, 0) is 36.4 Å². The SMILES string of the molecule is C=CC(=O)Nc1ccc(OC)c(Nc2ncnc(Nc3ccccc3P(=O)(CC)CC)n2)c1. The van der Waals surface area contributed by atoms with Crippen LogP contribution in [0.4, 0.5) is 29.0 Å². The van der Waals surface area contributed by atoms with Crippen molar-refractivity contribution >= 4 is 47.3 Å². The molecule has 0 spiro atoms. The van der Waals surface area contributed by atoms with E-state index in [4.69, 9.17) is 4.74 Å². The van der Waals surface area contributed by atoms with Gasteiger partial charge in [0.2, 0.25) is 17.8 Å². The largest absolute Gasteiger partial charge is 0.495 e. The molecule has 0 aliphatic carbocycles. The maximum absolute atomic E-state index is 13.3. The highest BCUT2D eigenvalue weighted by molar-refractivity contribution is 7.71. The number of benzene rings is 2. The number of rotatable bonds is 10. The Morgan fingerprint density at radius 1 is 1.06 bits per heavy atom. The van der Waals surface area contributed by atoms with E-state index in [1.54, 1.807) is 25.3 Å². The second kappa shape index (κ2) is 10.7. The second-order valence-electron chi connectivity index (χ2n) is 7.03. The molecule has 9 nitrogen and oxygen atoms in total. The number of nitrogens with zero attached hydrogens (tertiary/aromatic N) is 3. The molecule has 2 aromatic carbocycles. The molecule has 0 aliphatic heterocycles. The number of hydrogen-bond acceptors (Lipinski definition) is 8. The van der Waals surface area contributed by atoms with Crippen LogP contribution in [0.1, 0.15) is 13.8 Å². The summed E-state index contributed by atoms with van der Waals surface area (Å²) in [6.07, 6.45) is 3.71. The van der Waals surface area contributed by atoms with Crippen LogP contribution >= 0.6 is 7.14 Å². The van der Waals surface area contributed by atoms with Crippen LogP contribution in [0.15, 0.2) is 61.4 Å². The number of carbonyl (C=O) groups is 1. The Balaban J connectivity index is 1.88. The van der Waals surface area contributed by atoms with Crippen LogP contribution in [0.2, 0.25) is 0 Å². The van der Waals surface area contributed by atoms with Gasteiger partial charge in [-0.25, -0.2) is 9.97 Å². The summed E-state index contributed by atoms with van der Waals surface area (Å²) < 4.78 is 18.7. The number of para-hydroxylation sites is 1. The van der Waals surface area contributed by atoms with Gasteiger partial charge >= 0.3 is 0 Å². The minimum absolute atomic E-state index is 0.268. The lowest BCUT2D eigenvalue weighted by molar-refractivity contribution is -0.111. The van der Waals surface area contributed by atoms with Crippen molar-refractivity contribution in [2.45, 2.75) is 13.8 Å². The summed E-state index contributed by atoms with van der Waals surface area (Å²) in [5.74, 6) is 0.782. The number of hydrogen-bond donors (Lipinski definition) is 3. The first kappa shape index (κ1) is 23.9. The zero-order valence-electron chi connectivity index (χ0n) is 18.8. The van der Waals surface area contributed by atoms with E-state index in [9.17, 15) is 9.36 Å². The van der Waals surface area contributed by atoms with Crippen molar-refractivity contribution in [3.63, 3.8) is 0 Å². The molecule has 3 aromatic rings. The van der Waals surface area contributed by atoms with Crippen molar-refractivity contribution in [3.8, 4) is 5.75 Å². The summed E-state index contributed by atoms with van der Waals surface area (Å²) in [4.78, 5) is 24.4. The average molecular weight is 466 g/mol. The number of methoxy groups -OCH3 is 1. The van der Waals surface area contributed by atoms with Gasteiger partial charge in [0.1, 0.15) is 19.2 Å². The van der Waals surface area contributed by atoms with Gasteiger partial charge in [-0.2, -0.15) is 4.98 Å². The third-order valence-corrected chi connectivity index (χ3v) is 8.39. The summed E-state index contributed by atoms with van der Waals surface area (Å²) in [7, 11) is -0.972. The first-order valence-corrected chi connectivity index (χ1v) is 12.5. The van der Waals surface area contributed by atoms with Crippen molar-refractivity contribution in [2.75, 3.05) is 35.4 Å². The van der Waals surface area contributed by atoms with Gasteiger partial charge in [0.15, 0.2) is 0 Å². The van der Waals surface area contributed by atoms with Crippen LogP contribution in [-0.4, -0.2) is 40.3 Å². The Morgan fingerprint density at radius 2 is 1.73 bits per heavy atom. The van der Waals surface area contributed by atoms with Gasteiger partial charge in [0.05, 0.1) is 18.5 Å². The Hall–Kier alpha value is -3.71. The van der Waals surface area contributed by atoms with E-state index in [1.807, 2.05) is 38.1 Å². The van der Waals surface area contributed by atoms with Crippen molar-refractivity contribution in [1.82, 2.24) is 15.0 Å². The molecule has 1 aromatic heterocycles. The Labute approximate surface area is 193 Å². The predicted molar refractivity (Wildman–Crippen MR) is 133 cm³/mol. The van der Waals surface area contributed by atoms with Crippen molar-refractivity contribution in [2.24, 2.45) is 0 Å². The van der Waals surface area contributed by atoms with E-state index < -0.39 is 7.14 Å². The van der Waals surface area contributed by atoms with Crippen molar-refractivity contribution in [3.05, 3.63) is 61.4 Å². The molecule has 1 heterocycles. The number of anilines is 5. The molecule has 0 radical (unpaired) electrons. The molecule has 0 bridgehead atoms. The molecule has 3 N–H and O–H groups in total. The zero-order chi connectivity index (χ0) is 23.8. The first-order valence-electron chi connectivity index (χ1n) is 10.4. The van der Waals surface area contributed by atoms with E-state index in [2.05, 4.69) is 37.5 Å². The van der Waals surface area contributed by atoms with Crippen LogP contribution < -0.4 is 26.0 Å². The Bertz CT molecular complexity index is 1190. The lowest BCUT2D eigenvalue weighted by atomic mass is 10.2. The van der Waals surface area contributed by atoms with Crippen LogP contribution in [0.5, 0.6) is 5.75 Å². The summed E-state index contributed by atoms with van der Waals surface area (Å²) in [6, 6.07) is 12.6. The number of aromatic nitrogens is 3. The number of amides is 1. The van der Waals surface area contributed by atoms with Gasteiger partial charge in [-0.15, -0.1) is 0 Å². The fraction of sp³-hybridized carbons (Fsp3) is 0.217. The molecule has 0 aliphatic rings. The molecule has 1 amide bonds. The van der Waals surface area contributed by atoms with E-state index in [0.717, 1.165) is 5.30 Å². The summed E-state index contributed by atoms with van der Waals surface area (Å²) in [5.41, 5.74) is 1.81. The molecular weight excluding hydrogens is 439 g/mol. The van der Waals surface area contributed by atoms with Gasteiger partial charge in [-0.1, -0.05) is 32.6 Å². The predicted octanol–water partition coefficient (Wildman–Crippen LogP) is 4.52. The number of ether oxygens (including phenoxy) is 1. The highest BCUT2D eigenvalue weighted by atomic mass is 31.2. The second-order valence-corrected chi connectivity index (χ2v) is 10.6. The number of carbonyl (C=O) groups excluding carboxylic acids is 1. The maximum atomic E-state index is 13.3. The monoisotopic (exact) mass is 466 g/mol. The fourth-order valence-electron chi connectivity index (χ4n) is 3.23. The summed E-state index contributed by atoms with van der Waals surface area (Å²) in [5, 5.41) is 9.74. The third kappa shape index (κ3) is 5.75. The van der Waals surface area contributed by atoms with Gasteiger partial charge in [-0.3, -0.25) is 4.79 Å². The molecule has 10 heteroatoms. The first-order chi connectivity index (χ1) is 15.9. The smallest absolute Gasteiger partial charge is 0.247 e. The van der Waals surface area contributed by atoms with Crippen LogP contribution in [0.25, 0.3) is 0 Å². The quantitative estimate of drug-likeness (QED) is 0.295. The third-order valence-electron chi connectivity index (χ3n) is 5.08. The minimum atomic E-state index is -2.51. The summed E-state index contributed by atoms with van der Waals surface area (Å²) >= 11 is 0. The highest BCUT2D eigenvalue weighted by Gasteiger charge is 2.23. The highest BCUT2D eigenvalue weighted by Crippen LogP contribution is 2.45. The van der Waals surface area contributed by atoms with Crippen molar-refractivity contribution in [1.29, 1.82) is 0 Å². The van der Waals surface area contributed by atoms with E-state index in [1.165, 1.54) is 12.4 Å². The molecular formula is C23H27N6O3P. The normalized spacial score (nSPS) is 10.9. The van der Waals surface area contributed by atoms with Gasteiger partial charge in [0, 0.05) is 23.3 Å². The molecule has 0 fully saturated rings. The molecule has 33 heavy (non-hydrogen) atoms. The molecule has 172 valence electrons. The average Bonchev–Trinajstić information content (AvgIpc) is 2.84. The zero-order valence-corrected chi connectivity index (χ0v) is 19.7. The molecule has 3 rings (SSSR count). The van der Waals surface area contributed by atoms with E-state index >= 15 is 0 Å². The summed E-state index contributed by atoms with van der Waals surface area (Å²) in [6.45, 7) is 7.32. The van der Waals surface area contributed by atoms with Gasteiger partial charge in [0.25, 0.3) is 0 Å². The van der Waals surface area contributed by atoms with Crippen LogP contribution in [0.3, 0.4) is 0 Å². The molecule has 0 atom stereocenters. The molecule has 0 saturated carbocycles. The molecule has 0 unspecified atom stereocenters. The Kier molecular flexibility index (Phi) is 7.79. The minimum Gasteiger partial charge on any atom is -0.495 e. The van der Waals surface area contributed by atoms with Crippen LogP contribution in [-0.2, 0) is 9.36 Å². The standard InChI is InChI=1S/C23H27N6O3P/c1-5-21(30)26-16-12-13-19(32-4)18(14-16)28-23-25-15-24-22(29-23)27-17-10-8-9-11-20(17)33(31,6-2)7-3/h5,8-15H,1,6-7H2,2-4H3,(H,26,30)(H2,24,25,27,28,29). The molecule has 0 saturated heterocycles. The topological polar surface area (TPSA) is 118 Å². The lowest BCUT2D eigenvalue weighted by Gasteiger charge is -2.19. The van der Waals surface area contributed by atoms with Gasteiger partial charge < -0.3 is 25.3 Å². The number of nitrogens with one attached hydrogen (secondary N) is 3. The fourth-order valence-corrected chi connectivity index (χ4v) is 5.29. The maximum Gasteiger partial charge on any atom is 0.247 e. The van der Waals surface area contributed by atoms with Crippen LogP contribution in [0, 0.1) is 0 Å². The van der Waals surface area contributed by atoms with E-state index in [-0.39, 0.29) is 11.9 Å². The van der Waals surface area contributed by atoms with E-state index in [0.29, 0.717) is 41.1 Å².